The molecule has 5 rings (SSSR count). The first-order chi connectivity index (χ1) is 15.5. The van der Waals surface area contributed by atoms with Gasteiger partial charge in [0.1, 0.15) is 17.3 Å². The number of hydrogen-bond donors (Lipinski definition) is 0. The zero-order valence-electron chi connectivity index (χ0n) is 18.4. The molecular formula is C23H25N7OS. The fourth-order valence-corrected chi connectivity index (χ4v) is 5.24. The van der Waals surface area contributed by atoms with Crippen molar-refractivity contribution in [3.8, 4) is 10.6 Å². The van der Waals surface area contributed by atoms with Crippen molar-refractivity contribution in [2.24, 2.45) is 5.92 Å². The summed E-state index contributed by atoms with van der Waals surface area (Å²) in [4.78, 5) is 33.8. The van der Waals surface area contributed by atoms with Gasteiger partial charge in [0, 0.05) is 37.3 Å². The molecule has 1 aliphatic rings. The first kappa shape index (κ1) is 20.7. The van der Waals surface area contributed by atoms with Gasteiger partial charge in [0.25, 0.3) is 5.56 Å². The molecule has 32 heavy (non-hydrogen) atoms. The Morgan fingerprint density at radius 3 is 2.62 bits per heavy atom. The number of piperidine rings is 1. The van der Waals surface area contributed by atoms with Crippen LogP contribution in [0.3, 0.4) is 0 Å². The van der Waals surface area contributed by atoms with Gasteiger partial charge in [-0.05, 0) is 51.7 Å². The van der Waals surface area contributed by atoms with Crippen molar-refractivity contribution < 1.29 is 0 Å². The van der Waals surface area contributed by atoms with Crippen molar-refractivity contribution in [1.82, 2.24) is 29.7 Å². The van der Waals surface area contributed by atoms with Gasteiger partial charge in [0.15, 0.2) is 0 Å². The molecule has 0 atom stereocenters. The summed E-state index contributed by atoms with van der Waals surface area (Å²) in [5, 5.41) is 6.71. The van der Waals surface area contributed by atoms with Crippen LogP contribution < -0.4 is 10.5 Å². The Kier molecular flexibility index (Phi) is 5.42. The zero-order chi connectivity index (χ0) is 22.2. The largest absolute Gasteiger partial charge is 0.356 e. The van der Waals surface area contributed by atoms with Crippen LogP contribution in [-0.4, -0.2) is 42.8 Å². The molecule has 0 aliphatic carbocycles. The van der Waals surface area contributed by atoms with E-state index >= 15 is 0 Å². The van der Waals surface area contributed by atoms with Crippen molar-refractivity contribution >= 4 is 28.1 Å². The van der Waals surface area contributed by atoms with Crippen LogP contribution >= 0.6 is 11.3 Å². The van der Waals surface area contributed by atoms with Crippen molar-refractivity contribution in [2.75, 3.05) is 18.0 Å². The Balaban J connectivity index is 1.32. The molecule has 0 aromatic carbocycles. The normalized spacial score (nSPS) is 14.9. The fraction of sp³-hybridized carbons (Fsp3) is 0.391. The Morgan fingerprint density at radius 1 is 1.06 bits per heavy atom. The third-order valence-electron chi connectivity index (χ3n) is 5.94. The molecule has 9 heteroatoms. The monoisotopic (exact) mass is 447 g/mol. The Bertz CT molecular complexity index is 1340. The maximum atomic E-state index is 12.5. The molecule has 4 aromatic rings. The predicted octanol–water partition coefficient (Wildman–Crippen LogP) is 3.55. The van der Waals surface area contributed by atoms with E-state index in [1.807, 2.05) is 26.8 Å². The molecule has 8 nitrogen and oxygen atoms in total. The Morgan fingerprint density at radius 2 is 1.88 bits per heavy atom. The van der Waals surface area contributed by atoms with Gasteiger partial charge in [0.05, 0.1) is 27.3 Å². The molecular weight excluding hydrogens is 422 g/mol. The summed E-state index contributed by atoms with van der Waals surface area (Å²) in [6.07, 6.45) is 5.53. The third-order valence-corrected chi connectivity index (χ3v) is 7.03. The lowest BCUT2D eigenvalue weighted by atomic mass is 9.96. The van der Waals surface area contributed by atoms with E-state index < -0.39 is 0 Å². The molecule has 0 spiro atoms. The van der Waals surface area contributed by atoms with Crippen LogP contribution in [0.2, 0.25) is 0 Å². The quantitative estimate of drug-likeness (QED) is 0.473. The number of nitrogens with zero attached hydrogens (tertiary/aromatic N) is 7. The van der Waals surface area contributed by atoms with Gasteiger partial charge in [0.2, 0.25) is 0 Å². The summed E-state index contributed by atoms with van der Waals surface area (Å²) >= 11 is 1.62. The number of thiazole rings is 1. The first-order valence-electron chi connectivity index (χ1n) is 10.8. The molecule has 0 N–H and O–H groups in total. The van der Waals surface area contributed by atoms with Crippen LogP contribution in [0.15, 0.2) is 35.4 Å². The van der Waals surface area contributed by atoms with Crippen LogP contribution in [0.4, 0.5) is 5.82 Å². The summed E-state index contributed by atoms with van der Waals surface area (Å²) in [5.41, 5.74) is 2.60. The first-order valence-corrected chi connectivity index (χ1v) is 11.7. The molecule has 0 amide bonds. The van der Waals surface area contributed by atoms with Crippen molar-refractivity contribution in [2.45, 2.75) is 40.2 Å². The van der Waals surface area contributed by atoms with Crippen LogP contribution in [-0.2, 0) is 6.54 Å². The van der Waals surface area contributed by atoms with Crippen LogP contribution in [0.1, 0.15) is 29.4 Å². The lowest BCUT2D eigenvalue weighted by molar-refractivity contribution is 0.335. The summed E-state index contributed by atoms with van der Waals surface area (Å²) in [5.74, 6) is 2.12. The van der Waals surface area contributed by atoms with Crippen LogP contribution in [0.5, 0.6) is 0 Å². The third kappa shape index (κ3) is 4.00. The van der Waals surface area contributed by atoms with E-state index in [-0.39, 0.29) is 5.56 Å². The molecule has 0 unspecified atom stereocenters. The summed E-state index contributed by atoms with van der Waals surface area (Å²) in [6.45, 7) is 8.30. The predicted molar refractivity (Wildman–Crippen MR) is 126 cm³/mol. The molecule has 0 radical (unpaired) electrons. The van der Waals surface area contributed by atoms with E-state index in [1.165, 1.54) is 0 Å². The lowest BCUT2D eigenvalue weighted by Gasteiger charge is -2.33. The van der Waals surface area contributed by atoms with Crippen LogP contribution in [0, 0.1) is 26.7 Å². The van der Waals surface area contributed by atoms with E-state index in [0.29, 0.717) is 12.5 Å². The topological polar surface area (TPSA) is 89.7 Å². The standard InChI is InChI=1S/C23H25N7OS/c1-14-22(32-16(3)25-14)19-4-5-21(31)30(28-19)13-17-7-10-29(11-8-17)23-18-6-9-24-12-20(18)26-15(2)27-23/h4-6,9,12,17H,7-8,10-11,13H2,1-3H3. The maximum Gasteiger partial charge on any atom is 0.266 e. The van der Waals surface area contributed by atoms with E-state index in [4.69, 9.17) is 4.98 Å². The Hall–Kier alpha value is -3.20. The van der Waals surface area contributed by atoms with E-state index in [9.17, 15) is 4.79 Å². The Labute approximate surface area is 190 Å². The minimum atomic E-state index is -0.0556. The van der Waals surface area contributed by atoms with Crippen molar-refractivity contribution in [1.29, 1.82) is 0 Å². The number of hydrogen-bond acceptors (Lipinski definition) is 8. The van der Waals surface area contributed by atoms with Crippen molar-refractivity contribution in [3.63, 3.8) is 0 Å². The highest BCUT2D eigenvalue weighted by molar-refractivity contribution is 7.15. The van der Waals surface area contributed by atoms with E-state index in [0.717, 1.165) is 69.7 Å². The molecule has 5 heterocycles. The number of aryl methyl sites for hydroxylation is 3. The summed E-state index contributed by atoms with van der Waals surface area (Å²) in [7, 11) is 0. The average molecular weight is 448 g/mol. The second kappa shape index (κ2) is 8.38. The van der Waals surface area contributed by atoms with Gasteiger partial charge in [-0.3, -0.25) is 9.78 Å². The van der Waals surface area contributed by atoms with Gasteiger partial charge in [-0.2, -0.15) is 5.10 Å². The van der Waals surface area contributed by atoms with Gasteiger partial charge < -0.3 is 4.90 Å². The molecule has 164 valence electrons. The number of pyridine rings is 1. The van der Waals surface area contributed by atoms with Gasteiger partial charge in [-0.25, -0.2) is 19.6 Å². The minimum Gasteiger partial charge on any atom is -0.356 e. The molecule has 4 aromatic heterocycles. The van der Waals surface area contributed by atoms with Gasteiger partial charge >= 0.3 is 0 Å². The smallest absolute Gasteiger partial charge is 0.266 e. The summed E-state index contributed by atoms with van der Waals surface area (Å²) in [6, 6.07) is 5.41. The van der Waals surface area contributed by atoms with Crippen molar-refractivity contribution in [3.05, 3.63) is 57.5 Å². The van der Waals surface area contributed by atoms with Gasteiger partial charge in [-0.15, -0.1) is 11.3 Å². The summed E-state index contributed by atoms with van der Waals surface area (Å²) < 4.78 is 1.63. The molecule has 1 fully saturated rings. The minimum absolute atomic E-state index is 0.0556. The average Bonchev–Trinajstić information content (AvgIpc) is 3.13. The molecule has 1 saturated heterocycles. The fourth-order valence-electron chi connectivity index (χ4n) is 4.36. The second-order valence-electron chi connectivity index (χ2n) is 8.30. The SMILES string of the molecule is Cc1nc(N2CCC(Cn3nc(-c4sc(C)nc4C)ccc3=O)CC2)c2ccncc2n1. The highest BCUT2D eigenvalue weighted by Gasteiger charge is 2.23. The second-order valence-corrected chi connectivity index (χ2v) is 9.51. The highest BCUT2D eigenvalue weighted by Crippen LogP contribution is 2.29. The molecule has 0 saturated carbocycles. The van der Waals surface area contributed by atoms with Gasteiger partial charge in [-0.1, -0.05) is 0 Å². The molecule has 0 bridgehead atoms. The number of aromatic nitrogens is 6. The van der Waals surface area contributed by atoms with E-state index in [2.05, 4.69) is 25.0 Å². The van der Waals surface area contributed by atoms with E-state index in [1.54, 1.807) is 40.5 Å². The lowest BCUT2D eigenvalue weighted by Crippen LogP contribution is -2.37. The number of anilines is 1. The number of rotatable bonds is 4. The maximum absolute atomic E-state index is 12.5. The number of fused-ring (bicyclic) bond motifs is 1. The molecule has 1 aliphatic heterocycles. The zero-order valence-corrected chi connectivity index (χ0v) is 19.3. The van der Waals surface area contributed by atoms with Crippen LogP contribution in [0.25, 0.3) is 21.5 Å². The highest BCUT2D eigenvalue weighted by atomic mass is 32.1.